The number of unbranched alkanes of at least 4 members (excludes halogenated alkanes) is 1. The summed E-state index contributed by atoms with van der Waals surface area (Å²) in [6.07, 6.45) is 5.42. The molecule has 0 spiro atoms. The van der Waals surface area contributed by atoms with E-state index in [2.05, 4.69) is 96.5 Å². The molecule has 0 aliphatic heterocycles. The Labute approximate surface area is 189 Å². The maximum Gasteiger partial charge on any atom is 0.196 e. The lowest BCUT2D eigenvalue weighted by Gasteiger charge is -2.42. The molecular formula is C25H43BrO2Si. The third kappa shape index (κ3) is 5.68. The van der Waals surface area contributed by atoms with Gasteiger partial charge in [-0.2, -0.15) is 0 Å². The molecule has 0 bridgehead atoms. The standard InChI is InChI=1S/C25H43BrO2Si/c1-11-12-13-22(28-29(9,10)23(2,3)4)27-21-17-19-18(16-20(21)26)24(5,6)14-15-25(19,7)8/h16-17,22H,11-15H2,1-10H3. The van der Waals surface area contributed by atoms with E-state index >= 15 is 0 Å². The van der Waals surface area contributed by atoms with E-state index in [0.717, 1.165) is 29.5 Å². The van der Waals surface area contributed by atoms with Crippen LogP contribution in [-0.4, -0.2) is 14.6 Å². The third-order valence-electron chi connectivity index (χ3n) is 7.19. The fourth-order valence-electron chi connectivity index (χ4n) is 3.82. The Hall–Kier alpha value is -0.323. The van der Waals surface area contributed by atoms with Crippen molar-refractivity contribution >= 4 is 24.2 Å². The Morgan fingerprint density at radius 3 is 2.03 bits per heavy atom. The molecule has 4 heteroatoms. The van der Waals surface area contributed by atoms with Gasteiger partial charge < -0.3 is 9.16 Å². The van der Waals surface area contributed by atoms with Crippen LogP contribution in [-0.2, 0) is 15.3 Å². The smallest absolute Gasteiger partial charge is 0.196 e. The molecule has 1 aromatic rings. The third-order valence-corrected chi connectivity index (χ3v) is 12.3. The summed E-state index contributed by atoms with van der Waals surface area (Å²) in [4.78, 5) is 0. The Morgan fingerprint density at radius 1 is 1.03 bits per heavy atom. The quantitative estimate of drug-likeness (QED) is 0.285. The van der Waals surface area contributed by atoms with Crippen LogP contribution in [0.3, 0.4) is 0 Å². The summed E-state index contributed by atoms with van der Waals surface area (Å²) in [7, 11) is -1.91. The monoisotopic (exact) mass is 482 g/mol. The molecule has 2 rings (SSSR count). The Balaban J connectivity index is 2.39. The number of rotatable bonds is 7. The fourth-order valence-corrected chi connectivity index (χ4v) is 5.43. The molecule has 1 aliphatic carbocycles. The van der Waals surface area contributed by atoms with Crippen LogP contribution < -0.4 is 4.74 Å². The van der Waals surface area contributed by atoms with E-state index in [1.807, 2.05) is 0 Å². The van der Waals surface area contributed by atoms with Crippen LogP contribution in [0.4, 0.5) is 0 Å². The van der Waals surface area contributed by atoms with Crippen LogP contribution in [0.25, 0.3) is 0 Å². The van der Waals surface area contributed by atoms with Gasteiger partial charge >= 0.3 is 0 Å². The number of halogens is 1. The van der Waals surface area contributed by atoms with Crippen LogP contribution >= 0.6 is 15.9 Å². The zero-order valence-corrected chi connectivity index (χ0v) is 23.0. The van der Waals surface area contributed by atoms with E-state index in [1.165, 1.54) is 24.0 Å². The molecule has 1 aromatic carbocycles. The highest BCUT2D eigenvalue weighted by molar-refractivity contribution is 9.10. The lowest BCUT2D eigenvalue weighted by atomic mass is 9.63. The molecule has 0 saturated carbocycles. The van der Waals surface area contributed by atoms with Gasteiger partial charge in [0.2, 0.25) is 0 Å². The number of benzene rings is 1. The molecule has 1 atom stereocenters. The summed E-state index contributed by atoms with van der Waals surface area (Å²) < 4.78 is 14.3. The van der Waals surface area contributed by atoms with Crippen LogP contribution in [0.5, 0.6) is 5.75 Å². The van der Waals surface area contributed by atoms with Crippen LogP contribution in [0.2, 0.25) is 18.1 Å². The highest BCUT2D eigenvalue weighted by Crippen LogP contribution is 2.49. The molecule has 0 fully saturated rings. The van der Waals surface area contributed by atoms with Crippen LogP contribution in [0.15, 0.2) is 16.6 Å². The molecule has 0 N–H and O–H groups in total. The van der Waals surface area contributed by atoms with Crippen LogP contribution in [0, 0.1) is 0 Å². The molecule has 0 heterocycles. The number of fused-ring (bicyclic) bond motifs is 1. The molecular weight excluding hydrogens is 440 g/mol. The van der Waals surface area contributed by atoms with Crippen molar-refractivity contribution in [1.82, 2.24) is 0 Å². The first-order valence-corrected chi connectivity index (χ1v) is 15.0. The van der Waals surface area contributed by atoms with Gasteiger partial charge in [-0.1, -0.05) is 61.8 Å². The van der Waals surface area contributed by atoms with E-state index < -0.39 is 8.32 Å². The van der Waals surface area contributed by atoms with Gasteiger partial charge in [-0.3, -0.25) is 0 Å². The minimum Gasteiger partial charge on any atom is -0.465 e. The van der Waals surface area contributed by atoms with Gasteiger partial charge in [-0.25, -0.2) is 0 Å². The SMILES string of the molecule is CCCCC(Oc1cc2c(cc1Br)C(C)(C)CCC2(C)C)O[Si](C)(C)C(C)(C)C. The van der Waals surface area contributed by atoms with E-state index in [4.69, 9.17) is 9.16 Å². The van der Waals surface area contributed by atoms with Crippen molar-refractivity contribution in [3.63, 3.8) is 0 Å². The molecule has 0 aromatic heterocycles. The minimum atomic E-state index is -1.91. The predicted octanol–water partition coefficient (Wildman–Crippen LogP) is 8.72. The van der Waals surface area contributed by atoms with Gasteiger partial charge in [0.15, 0.2) is 14.6 Å². The van der Waals surface area contributed by atoms with Crippen molar-refractivity contribution in [2.45, 2.75) is 123 Å². The van der Waals surface area contributed by atoms with Gasteiger partial charge in [0.25, 0.3) is 0 Å². The Kier molecular flexibility index (Phi) is 7.45. The van der Waals surface area contributed by atoms with Crippen molar-refractivity contribution in [3.8, 4) is 5.75 Å². The highest BCUT2D eigenvalue weighted by Gasteiger charge is 2.41. The van der Waals surface area contributed by atoms with Crippen molar-refractivity contribution in [2.75, 3.05) is 0 Å². The Morgan fingerprint density at radius 2 is 1.55 bits per heavy atom. The largest absolute Gasteiger partial charge is 0.465 e. The van der Waals surface area contributed by atoms with Gasteiger partial charge in [0.1, 0.15) is 5.75 Å². The lowest BCUT2D eigenvalue weighted by Crippen LogP contribution is -2.45. The summed E-state index contributed by atoms with van der Waals surface area (Å²) in [5, 5.41) is 0.167. The molecule has 0 saturated heterocycles. The fraction of sp³-hybridized carbons (Fsp3) is 0.760. The normalized spacial score (nSPS) is 19.6. The minimum absolute atomic E-state index is 0.167. The molecule has 0 amide bonds. The van der Waals surface area contributed by atoms with Crippen molar-refractivity contribution in [3.05, 3.63) is 27.7 Å². The Bertz CT molecular complexity index is 716. The molecule has 29 heavy (non-hydrogen) atoms. The van der Waals surface area contributed by atoms with Crippen molar-refractivity contribution in [1.29, 1.82) is 0 Å². The maximum absolute atomic E-state index is 6.70. The van der Waals surface area contributed by atoms with E-state index in [0.29, 0.717) is 0 Å². The summed E-state index contributed by atoms with van der Waals surface area (Å²) in [6.45, 7) is 23.1. The number of ether oxygens (including phenoxy) is 1. The number of hydrogen-bond donors (Lipinski definition) is 0. The topological polar surface area (TPSA) is 18.5 Å². The van der Waals surface area contributed by atoms with E-state index in [9.17, 15) is 0 Å². The van der Waals surface area contributed by atoms with E-state index in [-0.39, 0.29) is 22.2 Å². The lowest BCUT2D eigenvalue weighted by molar-refractivity contribution is -0.0139. The summed E-state index contributed by atoms with van der Waals surface area (Å²) in [6, 6.07) is 4.59. The van der Waals surface area contributed by atoms with E-state index in [1.54, 1.807) is 0 Å². The summed E-state index contributed by atoms with van der Waals surface area (Å²) in [5.41, 5.74) is 3.24. The second-order valence-electron chi connectivity index (χ2n) is 11.7. The molecule has 0 radical (unpaired) electrons. The number of hydrogen-bond acceptors (Lipinski definition) is 2. The van der Waals surface area contributed by atoms with Gasteiger partial charge in [0.05, 0.1) is 4.47 Å². The van der Waals surface area contributed by atoms with Gasteiger partial charge in [0, 0.05) is 6.42 Å². The average molecular weight is 484 g/mol. The predicted molar refractivity (Wildman–Crippen MR) is 132 cm³/mol. The molecule has 2 nitrogen and oxygen atoms in total. The average Bonchev–Trinajstić information content (AvgIpc) is 2.57. The zero-order valence-electron chi connectivity index (χ0n) is 20.5. The van der Waals surface area contributed by atoms with Gasteiger partial charge in [-0.05, 0) is 87.4 Å². The van der Waals surface area contributed by atoms with Crippen molar-refractivity contribution < 1.29 is 9.16 Å². The zero-order chi connectivity index (χ0) is 22.3. The first kappa shape index (κ1) is 24.9. The van der Waals surface area contributed by atoms with Crippen LogP contribution in [0.1, 0.15) is 98.6 Å². The first-order valence-electron chi connectivity index (χ1n) is 11.3. The molecule has 1 aliphatic rings. The van der Waals surface area contributed by atoms with Crippen molar-refractivity contribution in [2.24, 2.45) is 0 Å². The summed E-state index contributed by atoms with van der Waals surface area (Å²) in [5.74, 6) is 0.925. The molecule has 166 valence electrons. The molecule has 1 unspecified atom stereocenters. The first-order chi connectivity index (χ1) is 13.1. The second kappa shape index (κ2) is 8.67. The maximum atomic E-state index is 6.70. The summed E-state index contributed by atoms with van der Waals surface area (Å²) >= 11 is 3.81. The van der Waals surface area contributed by atoms with Gasteiger partial charge in [-0.15, -0.1) is 0 Å². The second-order valence-corrected chi connectivity index (χ2v) is 17.3. The highest BCUT2D eigenvalue weighted by atomic mass is 79.9.